The molecule has 31 heavy (non-hydrogen) atoms. The van der Waals surface area contributed by atoms with Crippen molar-refractivity contribution in [2.24, 2.45) is 4.99 Å². The lowest BCUT2D eigenvalue weighted by Gasteiger charge is -2.20. The van der Waals surface area contributed by atoms with Crippen molar-refractivity contribution in [2.45, 2.75) is 20.8 Å². The number of nitrogens with one attached hydrogen (secondary N) is 1. The Morgan fingerprint density at radius 1 is 0.710 bits per heavy atom. The summed E-state index contributed by atoms with van der Waals surface area (Å²) in [7, 11) is -0.770. The Morgan fingerprint density at radius 2 is 1.26 bits per heavy atom. The summed E-state index contributed by atoms with van der Waals surface area (Å²) in [4.78, 5) is 9.79. The van der Waals surface area contributed by atoms with Crippen molar-refractivity contribution in [2.75, 3.05) is 5.09 Å². The van der Waals surface area contributed by atoms with Crippen molar-refractivity contribution in [3.05, 3.63) is 114 Å². The van der Waals surface area contributed by atoms with Gasteiger partial charge in [0.25, 0.3) is 0 Å². The van der Waals surface area contributed by atoms with Crippen LogP contribution in [0.25, 0.3) is 0 Å². The first-order valence-electron chi connectivity index (χ1n) is 10.4. The zero-order chi connectivity index (χ0) is 21.6. The maximum atomic E-state index is 4.90. The molecular weight excluding hydrogens is 397 g/mol. The number of rotatable bonds is 6. The minimum absolute atomic E-state index is 0.770. The van der Waals surface area contributed by atoms with Crippen LogP contribution in [-0.4, -0.2) is 10.7 Å². The third-order valence-corrected chi connectivity index (χ3v) is 7.18. The van der Waals surface area contributed by atoms with E-state index in [9.17, 15) is 0 Å². The van der Waals surface area contributed by atoms with Gasteiger partial charge in [0.05, 0.1) is 25.2 Å². The van der Waals surface area contributed by atoms with Gasteiger partial charge < -0.3 is 5.09 Å². The van der Waals surface area contributed by atoms with Crippen molar-refractivity contribution >= 4 is 35.9 Å². The molecule has 0 saturated carbocycles. The predicted molar refractivity (Wildman–Crippen MR) is 135 cm³/mol. The van der Waals surface area contributed by atoms with Crippen molar-refractivity contribution in [3.63, 3.8) is 0 Å². The Morgan fingerprint density at radius 3 is 1.84 bits per heavy atom. The molecule has 0 aliphatic carbocycles. The van der Waals surface area contributed by atoms with Crippen LogP contribution in [0, 0.1) is 13.8 Å². The molecule has 0 radical (unpaired) electrons. The summed E-state index contributed by atoms with van der Waals surface area (Å²) < 4.78 is 0. The molecule has 1 N–H and O–H groups in total. The standard InChI is InChI=1S/C27H26N3P/c1-20-12-10-13-21(2)27(20)28-22(3)25-18-11-19-26(29-25)30-31(23-14-6-4-7-15-23)24-16-8-5-9-17-24/h4-19H,1-3H3,(H,29,30). The monoisotopic (exact) mass is 423 g/mol. The van der Waals surface area contributed by atoms with Gasteiger partial charge in [0.15, 0.2) is 0 Å². The minimum atomic E-state index is -0.770. The second kappa shape index (κ2) is 9.68. The van der Waals surface area contributed by atoms with E-state index in [0.29, 0.717) is 0 Å². The van der Waals surface area contributed by atoms with Crippen LogP contribution in [0.1, 0.15) is 23.7 Å². The van der Waals surface area contributed by atoms with Crippen LogP contribution < -0.4 is 15.7 Å². The van der Waals surface area contributed by atoms with Crippen LogP contribution in [0.2, 0.25) is 0 Å². The first-order valence-corrected chi connectivity index (χ1v) is 11.7. The number of aryl methyl sites for hydroxylation is 2. The number of para-hydroxylation sites is 1. The zero-order valence-corrected chi connectivity index (χ0v) is 19.0. The largest absolute Gasteiger partial charge is 0.342 e. The first kappa shape index (κ1) is 21.0. The summed E-state index contributed by atoms with van der Waals surface area (Å²) in [5.74, 6) is 0.854. The summed E-state index contributed by atoms with van der Waals surface area (Å²) in [5, 5.41) is 6.21. The number of hydrogen-bond acceptors (Lipinski definition) is 3. The van der Waals surface area contributed by atoms with Gasteiger partial charge in [-0.3, -0.25) is 4.99 Å². The van der Waals surface area contributed by atoms with Crippen molar-refractivity contribution < 1.29 is 0 Å². The van der Waals surface area contributed by atoms with E-state index >= 15 is 0 Å². The van der Waals surface area contributed by atoms with Gasteiger partial charge in [-0.05, 0) is 44.0 Å². The summed E-state index contributed by atoms with van der Waals surface area (Å²) in [6.45, 7) is 6.21. The van der Waals surface area contributed by atoms with Gasteiger partial charge in [0, 0.05) is 10.6 Å². The molecule has 0 aliphatic rings. The minimum Gasteiger partial charge on any atom is -0.342 e. The molecule has 0 aliphatic heterocycles. The van der Waals surface area contributed by atoms with Crippen molar-refractivity contribution in [3.8, 4) is 0 Å². The van der Waals surface area contributed by atoms with Gasteiger partial charge >= 0.3 is 0 Å². The molecule has 0 fully saturated rings. The van der Waals surface area contributed by atoms with Crippen LogP contribution in [0.15, 0.2) is 102 Å². The Balaban J connectivity index is 1.66. The molecule has 0 saturated heterocycles. The fraction of sp³-hybridized carbons (Fsp3) is 0.111. The number of hydrogen-bond donors (Lipinski definition) is 1. The van der Waals surface area contributed by atoms with E-state index in [1.165, 1.54) is 21.7 Å². The molecule has 0 spiro atoms. The lowest BCUT2D eigenvalue weighted by molar-refractivity contribution is 1.27. The number of aromatic nitrogens is 1. The fourth-order valence-corrected chi connectivity index (χ4v) is 5.30. The Hall–Kier alpha value is -3.29. The van der Waals surface area contributed by atoms with E-state index in [-0.39, 0.29) is 0 Å². The zero-order valence-electron chi connectivity index (χ0n) is 18.1. The van der Waals surface area contributed by atoms with Crippen molar-refractivity contribution in [1.29, 1.82) is 0 Å². The molecular formula is C27H26N3P. The second-order valence-electron chi connectivity index (χ2n) is 7.46. The molecule has 154 valence electrons. The number of pyridine rings is 1. The topological polar surface area (TPSA) is 37.3 Å². The smallest absolute Gasteiger partial charge is 0.130 e. The van der Waals surface area contributed by atoms with E-state index < -0.39 is 8.07 Å². The Bertz CT molecular complexity index is 1130. The quantitative estimate of drug-likeness (QED) is 0.292. The number of benzene rings is 3. The van der Waals surface area contributed by atoms with E-state index in [1.807, 2.05) is 37.3 Å². The molecule has 4 rings (SSSR count). The maximum absolute atomic E-state index is 4.90. The molecule has 4 aromatic rings. The summed E-state index contributed by atoms with van der Waals surface area (Å²) in [6, 6.07) is 33.5. The molecule has 0 amide bonds. The van der Waals surface area contributed by atoms with E-state index in [1.54, 1.807) is 0 Å². The van der Waals surface area contributed by atoms with Gasteiger partial charge in [0.2, 0.25) is 0 Å². The second-order valence-corrected chi connectivity index (χ2v) is 9.39. The number of anilines is 1. The Labute approximate surface area is 185 Å². The molecule has 0 bridgehead atoms. The highest BCUT2D eigenvalue weighted by atomic mass is 31.1. The normalized spacial score (nSPS) is 11.5. The molecule has 4 heteroatoms. The lowest BCUT2D eigenvalue weighted by atomic mass is 10.1. The van der Waals surface area contributed by atoms with E-state index in [0.717, 1.165) is 22.9 Å². The summed E-state index contributed by atoms with van der Waals surface area (Å²) >= 11 is 0. The third-order valence-electron chi connectivity index (χ3n) is 5.09. The van der Waals surface area contributed by atoms with Crippen LogP contribution in [0.4, 0.5) is 11.5 Å². The van der Waals surface area contributed by atoms with Crippen LogP contribution in [0.3, 0.4) is 0 Å². The fourth-order valence-electron chi connectivity index (χ4n) is 3.45. The van der Waals surface area contributed by atoms with E-state index in [4.69, 9.17) is 9.98 Å². The van der Waals surface area contributed by atoms with Crippen LogP contribution >= 0.6 is 8.07 Å². The van der Waals surface area contributed by atoms with Gasteiger partial charge in [0.1, 0.15) is 5.82 Å². The molecule has 0 atom stereocenters. The van der Waals surface area contributed by atoms with Crippen molar-refractivity contribution in [1.82, 2.24) is 4.98 Å². The molecule has 3 aromatic carbocycles. The summed E-state index contributed by atoms with van der Waals surface area (Å²) in [5.41, 5.74) is 5.15. The molecule has 0 unspecified atom stereocenters. The first-order chi connectivity index (χ1) is 15.1. The van der Waals surface area contributed by atoms with Crippen LogP contribution in [-0.2, 0) is 0 Å². The highest BCUT2D eigenvalue weighted by Crippen LogP contribution is 2.34. The average Bonchev–Trinajstić information content (AvgIpc) is 2.81. The average molecular weight is 424 g/mol. The van der Waals surface area contributed by atoms with Gasteiger partial charge in [-0.1, -0.05) is 84.9 Å². The van der Waals surface area contributed by atoms with E-state index in [2.05, 4.69) is 85.7 Å². The number of nitrogens with zero attached hydrogens (tertiary/aromatic N) is 2. The Kier molecular flexibility index (Phi) is 6.54. The number of aliphatic imine (C=N–C) groups is 1. The highest BCUT2D eigenvalue weighted by molar-refractivity contribution is 7.74. The SMILES string of the molecule is CC(=Nc1c(C)cccc1C)c1cccc(NP(c2ccccc2)c2ccccc2)n1. The van der Waals surface area contributed by atoms with Crippen LogP contribution in [0.5, 0.6) is 0 Å². The predicted octanol–water partition coefficient (Wildman–Crippen LogP) is 6.30. The molecule has 1 heterocycles. The maximum Gasteiger partial charge on any atom is 0.130 e. The molecule has 1 aromatic heterocycles. The van der Waals surface area contributed by atoms with Gasteiger partial charge in [-0.2, -0.15) is 0 Å². The third kappa shape index (κ3) is 5.07. The highest BCUT2D eigenvalue weighted by Gasteiger charge is 2.15. The lowest BCUT2D eigenvalue weighted by Crippen LogP contribution is -2.17. The molecule has 3 nitrogen and oxygen atoms in total. The van der Waals surface area contributed by atoms with Gasteiger partial charge in [-0.15, -0.1) is 0 Å². The van der Waals surface area contributed by atoms with Gasteiger partial charge in [-0.25, -0.2) is 4.98 Å². The summed E-state index contributed by atoms with van der Waals surface area (Å²) in [6.07, 6.45) is 0.